The van der Waals surface area contributed by atoms with Crippen LogP contribution in [0.2, 0.25) is 0 Å². The first-order valence-electron chi connectivity index (χ1n) is 8.56. The van der Waals surface area contributed by atoms with Crippen molar-refractivity contribution >= 4 is 11.6 Å². The molecule has 0 bridgehead atoms. The van der Waals surface area contributed by atoms with Crippen molar-refractivity contribution in [3.05, 3.63) is 59.2 Å². The van der Waals surface area contributed by atoms with E-state index in [9.17, 15) is 4.79 Å². The molecule has 0 unspecified atom stereocenters. The van der Waals surface area contributed by atoms with Crippen molar-refractivity contribution in [1.29, 1.82) is 0 Å². The molecule has 0 radical (unpaired) electrons. The largest absolute Gasteiger partial charge is 0.481 e. The van der Waals surface area contributed by atoms with Gasteiger partial charge in [0.2, 0.25) is 0 Å². The molecule has 1 amide bonds. The lowest BCUT2D eigenvalue weighted by Gasteiger charge is -2.20. The number of nitrogens with one attached hydrogen (secondary N) is 1. The first-order valence-corrected chi connectivity index (χ1v) is 8.56. The molecule has 0 fully saturated rings. The van der Waals surface area contributed by atoms with E-state index in [1.54, 1.807) is 0 Å². The number of carbonyl (C=O) groups excluding carboxylic acids is 1. The third-order valence-corrected chi connectivity index (χ3v) is 4.26. The molecule has 0 aliphatic carbocycles. The van der Waals surface area contributed by atoms with Crippen LogP contribution in [0, 0.1) is 13.8 Å². The summed E-state index contributed by atoms with van der Waals surface area (Å²) in [7, 11) is 0. The van der Waals surface area contributed by atoms with Gasteiger partial charge >= 0.3 is 0 Å². The van der Waals surface area contributed by atoms with Gasteiger partial charge in [-0.1, -0.05) is 45.0 Å². The number of hydrogen-bond donors (Lipinski definition) is 1. The minimum absolute atomic E-state index is 0.108. The molecular formula is C21H27NO2. The van der Waals surface area contributed by atoms with Crippen LogP contribution in [0.15, 0.2) is 42.5 Å². The maximum Gasteiger partial charge on any atom is 0.265 e. The molecule has 2 aromatic carbocycles. The minimum atomic E-state index is -0.507. The molecule has 2 rings (SSSR count). The summed E-state index contributed by atoms with van der Waals surface area (Å²) in [6.45, 7) is 10.3. The third kappa shape index (κ3) is 4.38. The van der Waals surface area contributed by atoms with Crippen LogP contribution in [0.1, 0.15) is 49.8 Å². The van der Waals surface area contributed by atoms with E-state index in [-0.39, 0.29) is 5.91 Å². The van der Waals surface area contributed by atoms with Crippen molar-refractivity contribution in [2.45, 2.75) is 53.1 Å². The van der Waals surface area contributed by atoms with E-state index in [2.05, 4.69) is 26.1 Å². The molecule has 24 heavy (non-hydrogen) atoms. The maximum atomic E-state index is 12.6. The van der Waals surface area contributed by atoms with Gasteiger partial charge in [-0.3, -0.25) is 4.79 Å². The van der Waals surface area contributed by atoms with Crippen molar-refractivity contribution in [1.82, 2.24) is 0 Å². The van der Waals surface area contributed by atoms with Crippen LogP contribution in [0.5, 0.6) is 5.75 Å². The first kappa shape index (κ1) is 18.1. The lowest BCUT2D eigenvalue weighted by Crippen LogP contribution is -2.32. The standard InChI is InChI=1S/C21H27NO2/c1-6-20(24-17-12-11-15(4)16(5)13-17)21(23)22-19-10-8-7-9-18(19)14(2)3/h7-14,20H,6H2,1-5H3,(H,22,23)/t20-/m1/s1. The number of amides is 1. The van der Waals surface area contributed by atoms with Gasteiger partial charge in [-0.25, -0.2) is 0 Å². The van der Waals surface area contributed by atoms with E-state index in [1.165, 1.54) is 5.56 Å². The molecule has 0 aromatic heterocycles. The molecule has 0 heterocycles. The second kappa shape index (κ2) is 8.00. The molecule has 0 saturated carbocycles. The monoisotopic (exact) mass is 325 g/mol. The van der Waals surface area contributed by atoms with E-state index in [0.717, 1.165) is 22.6 Å². The first-order chi connectivity index (χ1) is 11.4. The van der Waals surface area contributed by atoms with Crippen LogP contribution in [0.4, 0.5) is 5.69 Å². The van der Waals surface area contributed by atoms with E-state index in [4.69, 9.17) is 4.74 Å². The quantitative estimate of drug-likeness (QED) is 0.790. The highest BCUT2D eigenvalue weighted by Crippen LogP contribution is 2.24. The number of aryl methyl sites for hydroxylation is 2. The van der Waals surface area contributed by atoms with Crippen molar-refractivity contribution in [2.24, 2.45) is 0 Å². The van der Waals surface area contributed by atoms with E-state index in [0.29, 0.717) is 12.3 Å². The Kier molecular flexibility index (Phi) is 6.02. The molecule has 0 aliphatic rings. The van der Waals surface area contributed by atoms with Gasteiger partial charge in [0.05, 0.1) is 0 Å². The number of para-hydroxylation sites is 1. The summed E-state index contributed by atoms with van der Waals surface area (Å²) in [4.78, 5) is 12.6. The second-order valence-electron chi connectivity index (χ2n) is 6.49. The van der Waals surface area contributed by atoms with Crippen LogP contribution in [-0.2, 0) is 4.79 Å². The van der Waals surface area contributed by atoms with Crippen molar-refractivity contribution in [2.75, 3.05) is 5.32 Å². The summed E-state index contributed by atoms with van der Waals surface area (Å²) < 4.78 is 5.92. The Morgan fingerprint density at radius 1 is 1.08 bits per heavy atom. The van der Waals surface area contributed by atoms with Crippen LogP contribution in [0.25, 0.3) is 0 Å². The van der Waals surface area contributed by atoms with Crippen LogP contribution >= 0.6 is 0 Å². The SMILES string of the molecule is CC[C@@H](Oc1ccc(C)c(C)c1)C(=O)Nc1ccccc1C(C)C. The Labute approximate surface area is 145 Å². The average molecular weight is 325 g/mol. The van der Waals surface area contributed by atoms with Gasteiger partial charge in [0.15, 0.2) is 6.10 Å². The number of hydrogen-bond acceptors (Lipinski definition) is 2. The normalized spacial score (nSPS) is 12.1. The fourth-order valence-corrected chi connectivity index (χ4v) is 2.60. The fourth-order valence-electron chi connectivity index (χ4n) is 2.60. The zero-order chi connectivity index (χ0) is 17.7. The third-order valence-electron chi connectivity index (χ3n) is 4.26. The van der Waals surface area contributed by atoms with E-state index >= 15 is 0 Å². The molecule has 2 aromatic rings. The van der Waals surface area contributed by atoms with Gasteiger partial charge < -0.3 is 10.1 Å². The number of anilines is 1. The van der Waals surface area contributed by atoms with Crippen molar-refractivity contribution < 1.29 is 9.53 Å². The maximum absolute atomic E-state index is 12.6. The molecule has 0 spiro atoms. The second-order valence-corrected chi connectivity index (χ2v) is 6.49. The van der Waals surface area contributed by atoms with Gasteiger partial charge in [0.25, 0.3) is 5.91 Å². The smallest absolute Gasteiger partial charge is 0.265 e. The predicted molar refractivity (Wildman–Crippen MR) is 99.8 cm³/mol. The molecule has 0 aliphatic heterocycles. The summed E-state index contributed by atoms with van der Waals surface area (Å²) in [5, 5.41) is 3.03. The van der Waals surface area contributed by atoms with Gasteiger partial charge in [-0.05, 0) is 61.1 Å². The predicted octanol–water partition coefficient (Wildman–Crippen LogP) is 5.22. The fraction of sp³-hybridized carbons (Fsp3) is 0.381. The van der Waals surface area contributed by atoms with Crippen LogP contribution in [-0.4, -0.2) is 12.0 Å². The molecular weight excluding hydrogens is 298 g/mol. The highest BCUT2D eigenvalue weighted by Gasteiger charge is 2.20. The Balaban J connectivity index is 2.13. The Hall–Kier alpha value is -2.29. The zero-order valence-electron chi connectivity index (χ0n) is 15.2. The molecule has 1 atom stereocenters. The average Bonchev–Trinajstić information content (AvgIpc) is 2.56. The molecule has 128 valence electrons. The molecule has 3 nitrogen and oxygen atoms in total. The topological polar surface area (TPSA) is 38.3 Å². The number of rotatable bonds is 6. The minimum Gasteiger partial charge on any atom is -0.481 e. The highest BCUT2D eigenvalue weighted by molar-refractivity contribution is 5.95. The van der Waals surface area contributed by atoms with Crippen molar-refractivity contribution in [3.63, 3.8) is 0 Å². The lowest BCUT2D eigenvalue weighted by atomic mass is 10.0. The number of carbonyl (C=O) groups is 1. The molecule has 3 heteroatoms. The van der Waals surface area contributed by atoms with E-state index < -0.39 is 6.10 Å². The van der Waals surface area contributed by atoms with Gasteiger partial charge in [0, 0.05) is 5.69 Å². The summed E-state index contributed by atoms with van der Waals surface area (Å²) >= 11 is 0. The van der Waals surface area contributed by atoms with Crippen molar-refractivity contribution in [3.8, 4) is 5.75 Å². The summed E-state index contributed by atoms with van der Waals surface area (Å²) in [6.07, 6.45) is 0.107. The molecule has 0 saturated heterocycles. The van der Waals surface area contributed by atoms with Crippen LogP contribution < -0.4 is 10.1 Å². The highest BCUT2D eigenvalue weighted by atomic mass is 16.5. The van der Waals surface area contributed by atoms with Gasteiger partial charge in [-0.15, -0.1) is 0 Å². The summed E-state index contributed by atoms with van der Waals surface area (Å²) in [6, 6.07) is 13.8. The number of ether oxygens (including phenoxy) is 1. The van der Waals surface area contributed by atoms with Gasteiger partial charge in [-0.2, -0.15) is 0 Å². The number of benzene rings is 2. The lowest BCUT2D eigenvalue weighted by molar-refractivity contribution is -0.122. The van der Waals surface area contributed by atoms with Crippen LogP contribution in [0.3, 0.4) is 0 Å². The summed E-state index contributed by atoms with van der Waals surface area (Å²) in [5.74, 6) is 0.975. The molecule has 1 N–H and O–H groups in total. The Morgan fingerprint density at radius 3 is 2.42 bits per heavy atom. The Bertz CT molecular complexity index is 707. The van der Waals surface area contributed by atoms with Gasteiger partial charge in [0.1, 0.15) is 5.75 Å². The van der Waals surface area contributed by atoms with E-state index in [1.807, 2.05) is 56.3 Å². The zero-order valence-corrected chi connectivity index (χ0v) is 15.2. The summed E-state index contributed by atoms with van der Waals surface area (Å²) in [5.41, 5.74) is 4.37. The Morgan fingerprint density at radius 2 is 1.79 bits per heavy atom.